The molecule has 8 heteroatoms. The summed E-state index contributed by atoms with van der Waals surface area (Å²) in [5, 5.41) is 9.72. The second kappa shape index (κ2) is 9.93. The zero-order valence-electron chi connectivity index (χ0n) is 17.8. The molecular formula is C24H27N3O5. The first kappa shape index (κ1) is 22.0. The maximum Gasteiger partial charge on any atom is 0.417 e. The van der Waals surface area contributed by atoms with E-state index >= 15 is 0 Å². The van der Waals surface area contributed by atoms with Crippen molar-refractivity contribution in [1.82, 2.24) is 14.8 Å². The van der Waals surface area contributed by atoms with E-state index in [0.717, 1.165) is 25.1 Å². The van der Waals surface area contributed by atoms with E-state index in [-0.39, 0.29) is 5.78 Å². The van der Waals surface area contributed by atoms with Gasteiger partial charge in [0.15, 0.2) is 11.4 Å². The smallest absolute Gasteiger partial charge is 0.417 e. The number of aryl methyl sites for hydroxylation is 1. The van der Waals surface area contributed by atoms with Crippen molar-refractivity contribution in [2.24, 2.45) is 0 Å². The highest BCUT2D eigenvalue weighted by atomic mass is 16.4. The third-order valence-corrected chi connectivity index (χ3v) is 6.08. The second-order valence-electron chi connectivity index (χ2n) is 8.15. The lowest BCUT2D eigenvalue weighted by atomic mass is 10.0. The number of aliphatic carboxylic acids is 1. The van der Waals surface area contributed by atoms with Gasteiger partial charge in [0.1, 0.15) is 6.04 Å². The summed E-state index contributed by atoms with van der Waals surface area (Å²) in [4.78, 5) is 42.5. The molecule has 4 rings (SSSR count). The van der Waals surface area contributed by atoms with Gasteiger partial charge < -0.3 is 14.4 Å². The fourth-order valence-corrected chi connectivity index (χ4v) is 4.23. The van der Waals surface area contributed by atoms with E-state index in [1.54, 1.807) is 18.2 Å². The Hall–Kier alpha value is -3.23. The minimum Gasteiger partial charge on any atom is -0.480 e. The minimum absolute atomic E-state index is 0.00977. The SMILES string of the molecule is O=C(CCN1CCN(C(CCc2ccccc2)C(=O)O)CC1)c1ccc2[nH]c(=O)oc2c1. The summed E-state index contributed by atoms with van der Waals surface area (Å²) < 4.78 is 5.03. The van der Waals surface area contributed by atoms with Crippen molar-refractivity contribution in [2.45, 2.75) is 25.3 Å². The number of Topliss-reactive ketones (excluding diaryl/α,β-unsaturated/α-hetero) is 1. The molecule has 168 valence electrons. The van der Waals surface area contributed by atoms with Gasteiger partial charge in [-0.25, -0.2) is 4.79 Å². The third-order valence-electron chi connectivity index (χ3n) is 6.08. The van der Waals surface area contributed by atoms with Crippen LogP contribution in [0.15, 0.2) is 57.7 Å². The Kier molecular flexibility index (Phi) is 6.82. The summed E-state index contributed by atoms with van der Waals surface area (Å²) in [5.74, 6) is -1.33. The van der Waals surface area contributed by atoms with Gasteiger partial charge in [-0.2, -0.15) is 0 Å². The van der Waals surface area contributed by atoms with Gasteiger partial charge in [0.25, 0.3) is 0 Å². The Labute approximate surface area is 185 Å². The number of carbonyl (C=O) groups excluding carboxylic acids is 1. The van der Waals surface area contributed by atoms with E-state index in [2.05, 4.69) is 9.88 Å². The van der Waals surface area contributed by atoms with E-state index in [1.807, 2.05) is 35.2 Å². The van der Waals surface area contributed by atoms with Crippen molar-refractivity contribution in [1.29, 1.82) is 0 Å². The van der Waals surface area contributed by atoms with Gasteiger partial charge in [0, 0.05) is 44.7 Å². The predicted octanol–water partition coefficient (Wildman–Crippen LogP) is 2.40. The number of oxazole rings is 1. The molecule has 2 heterocycles. The molecule has 1 fully saturated rings. The normalized spacial score (nSPS) is 16.2. The van der Waals surface area contributed by atoms with Gasteiger partial charge in [-0.05, 0) is 36.6 Å². The molecule has 32 heavy (non-hydrogen) atoms. The summed E-state index contributed by atoms with van der Waals surface area (Å²) in [5.41, 5.74) is 2.62. The number of fused-ring (bicyclic) bond motifs is 1. The number of nitrogens with zero attached hydrogens (tertiary/aromatic N) is 2. The lowest BCUT2D eigenvalue weighted by Crippen LogP contribution is -2.53. The predicted molar refractivity (Wildman–Crippen MR) is 120 cm³/mol. The number of aromatic nitrogens is 1. The maximum atomic E-state index is 12.6. The Bertz CT molecular complexity index is 1130. The zero-order chi connectivity index (χ0) is 22.5. The highest BCUT2D eigenvalue weighted by Gasteiger charge is 2.28. The molecule has 2 aromatic carbocycles. The number of rotatable bonds is 9. The average molecular weight is 437 g/mol. The fraction of sp³-hybridized carbons (Fsp3) is 0.375. The number of ketones is 1. The Morgan fingerprint density at radius 1 is 1.06 bits per heavy atom. The molecule has 0 saturated carbocycles. The molecule has 1 saturated heterocycles. The zero-order valence-corrected chi connectivity index (χ0v) is 17.8. The molecule has 1 aliphatic rings. The molecule has 8 nitrogen and oxygen atoms in total. The lowest BCUT2D eigenvalue weighted by Gasteiger charge is -2.37. The largest absolute Gasteiger partial charge is 0.480 e. The molecule has 0 aliphatic carbocycles. The van der Waals surface area contributed by atoms with Crippen molar-refractivity contribution < 1.29 is 19.1 Å². The number of aromatic amines is 1. The van der Waals surface area contributed by atoms with E-state index in [1.165, 1.54) is 0 Å². The minimum atomic E-state index is -0.781. The van der Waals surface area contributed by atoms with Gasteiger partial charge in [0.2, 0.25) is 0 Å². The first-order chi connectivity index (χ1) is 15.5. The summed E-state index contributed by atoms with van der Waals surface area (Å²) >= 11 is 0. The van der Waals surface area contributed by atoms with E-state index in [9.17, 15) is 19.5 Å². The van der Waals surface area contributed by atoms with Gasteiger partial charge in [-0.1, -0.05) is 30.3 Å². The van der Waals surface area contributed by atoms with Crippen LogP contribution in [0.25, 0.3) is 11.1 Å². The molecule has 1 aromatic heterocycles. The van der Waals surface area contributed by atoms with Crippen LogP contribution in [0.5, 0.6) is 0 Å². The summed E-state index contributed by atoms with van der Waals surface area (Å²) in [6, 6.07) is 14.4. The monoisotopic (exact) mass is 437 g/mol. The van der Waals surface area contributed by atoms with E-state index in [0.29, 0.717) is 49.1 Å². The number of piperazine rings is 1. The summed E-state index contributed by atoms with van der Waals surface area (Å²) in [7, 11) is 0. The number of nitrogens with one attached hydrogen (secondary N) is 1. The highest BCUT2D eigenvalue weighted by molar-refractivity contribution is 5.98. The quantitative estimate of drug-likeness (QED) is 0.495. The summed E-state index contributed by atoms with van der Waals surface area (Å²) in [6.07, 6.45) is 1.67. The van der Waals surface area contributed by atoms with Crippen LogP contribution in [-0.4, -0.2) is 70.4 Å². The van der Waals surface area contributed by atoms with Crippen LogP contribution in [0.4, 0.5) is 0 Å². The Morgan fingerprint density at radius 2 is 1.81 bits per heavy atom. The van der Waals surface area contributed by atoms with Crippen LogP contribution < -0.4 is 5.76 Å². The summed E-state index contributed by atoms with van der Waals surface area (Å²) in [6.45, 7) is 3.41. The maximum absolute atomic E-state index is 12.6. The van der Waals surface area contributed by atoms with Crippen molar-refractivity contribution >= 4 is 22.9 Å². The van der Waals surface area contributed by atoms with Crippen LogP contribution in [-0.2, 0) is 11.2 Å². The Morgan fingerprint density at radius 3 is 2.53 bits per heavy atom. The number of H-pyrrole nitrogens is 1. The molecule has 0 bridgehead atoms. The van der Waals surface area contributed by atoms with Crippen LogP contribution in [0.3, 0.4) is 0 Å². The van der Waals surface area contributed by atoms with Crippen LogP contribution in [0.1, 0.15) is 28.8 Å². The van der Waals surface area contributed by atoms with E-state index < -0.39 is 17.8 Å². The topological polar surface area (TPSA) is 107 Å². The first-order valence-corrected chi connectivity index (χ1v) is 10.9. The second-order valence-corrected chi connectivity index (χ2v) is 8.15. The number of benzene rings is 2. The van der Waals surface area contributed by atoms with Crippen molar-refractivity contribution in [3.63, 3.8) is 0 Å². The molecule has 1 unspecified atom stereocenters. The highest BCUT2D eigenvalue weighted by Crippen LogP contribution is 2.16. The molecule has 0 spiro atoms. The van der Waals surface area contributed by atoms with Crippen molar-refractivity contribution in [3.05, 3.63) is 70.2 Å². The van der Waals surface area contributed by atoms with Gasteiger partial charge in [-0.15, -0.1) is 0 Å². The number of carboxylic acids is 1. The third kappa shape index (κ3) is 5.33. The number of carbonyl (C=O) groups is 2. The Balaban J connectivity index is 1.26. The van der Waals surface area contributed by atoms with Crippen LogP contribution in [0, 0.1) is 0 Å². The average Bonchev–Trinajstić information content (AvgIpc) is 3.18. The molecule has 1 atom stereocenters. The van der Waals surface area contributed by atoms with Crippen LogP contribution in [0.2, 0.25) is 0 Å². The molecule has 2 N–H and O–H groups in total. The van der Waals surface area contributed by atoms with Gasteiger partial charge in [-0.3, -0.25) is 19.5 Å². The van der Waals surface area contributed by atoms with Crippen molar-refractivity contribution in [3.8, 4) is 0 Å². The van der Waals surface area contributed by atoms with E-state index in [4.69, 9.17) is 4.42 Å². The molecule has 0 amide bonds. The molecule has 1 aliphatic heterocycles. The fourth-order valence-electron chi connectivity index (χ4n) is 4.23. The number of hydrogen-bond acceptors (Lipinski definition) is 6. The molecule has 3 aromatic rings. The van der Waals surface area contributed by atoms with Gasteiger partial charge >= 0.3 is 11.7 Å². The number of hydrogen-bond donors (Lipinski definition) is 2. The molecule has 0 radical (unpaired) electrons. The first-order valence-electron chi connectivity index (χ1n) is 10.9. The van der Waals surface area contributed by atoms with Gasteiger partial charge in [0.05, 0.1) is 5.52 Å². The van der Waals surface area contributed by atoms with Crippen LogP contribution >= 0.6 is 0 Å². The standard InChI is InChI=1S/C24H27N3O5/c28-21(18-7-8-19-22(16-18)32-24(31)25-19)10-11-26-12-14-27(15-13-26)20(23(29)30)9-6-17-4-2-1-3-5-17/h1-5,7-8,16,20H,6,9-15H2,(H,25,31)(H,29,30). The lowest BCUT2D eigenvalue weighted by molar-refractivity contribution is -0.144. The molecular weight excluding hydrogens is 410 g/mol. The van der Waals surface area contributed by atoms with Crippen molar-refractivity contribution in [2.75, 3.05) is 32.7 Å². The number of carboxylic acid groups (broad SMARTS) is 1.